The average molecular weight is 442 g/mol. The number of halogens is 2. The minimum atomic E-state index is 0. The van der Waals surface area contributed by atoms with Crippen molar-refractivity contribution in [2.45, 2.75) is 32.1 Å². The summed E-state index contributed by atoms with van der Waals surface area (Å²) in [4.78, 5) is 4.61. The average Bonchev–Trinajstić information content (AvgIpc) is 2.44. The van der Waals surface area contributed by atoms with Crippen LogP contribution >= 0.6 is 47.3 Å². The summed E-state index contributed by atoms with van der Waals surface area (Å²) in [5, 5.41) is 7.96. The zero-order valence-corrected chi connectivity index (χ0v) is 16.9. The van der Waals surface area contributed by atoms with Gasteiger partial charge >= 0.3 is 0 Å². The van der Waals surface area contributed by atoms with Gasteiger partial charge in [0.05, 0.1) is 12.6 Å². The van der Waals surface area contributed by atoms with Crippen molar-refractivity contribution < 1.29 is 0 Å². The van der Waals surface area contributed by atoms with E-state index in [1.165, 1.54) is 0 Å². The van der Waals surface area contributed by atoms with Crippen LogP contribution in [0.1, 0.15) is 32.4 Å². The van der Waals surface area contributed by atoms with Crippen LogP contribution in [-0.2, 0) is 0 Å². The molecule has 2 unspecified atom stereocenters. The van der Waals surface area contributed by atoms with Crippen LogP contribution < -0.4 is 10.6 Å². The molecule has 0 amide bonds. The molecule has 6 heteroatoms. The molecular formula is C15H25ClIN3S. The topological polar surface area (TPSA) is 36.4 Å². The van der Waals surface area contributed by atoms with E-state index >= 15 is 0 Å². The molecule has 1 aromatic carbocycles. The first-order chi connectivity index (χ1) is 9.56. The molecule has 3 nitrogen and oxygen atoms in total. The molecule has 0 radical (unpaired) electrons. The van der Waals surface area contributed by atoms with Gasteiger partial charge in [-0.3, -0.25) is 4.99 Å². The summed E-state index contributed by atoms with van der Waals surface area (Å²) in [6.07, 6.45) is 2.11. The first-order valence-corrected chi connectivity index (χ1v) is 8.56. The van der Waals surface area contributed by atoms with Crippen LogP contribution in [0.15, 0.2) is 29.3 Å². The van der Waals surface area contributed by atoms with E-state index < -0.39 is 0 Å². The molecule has 0 aliphatic heterocycles. The van der Waals surface area contributed by atoms with Gasteiger partial charge in [-0.2, -0.15) is 11.8 Å². The smallest absolute Gasteiger partial charge is 0.191 e. The third-order valence-electron chi connectivity index (χ3n) is 2.96. The number of thioether (sulfide) groups is 1. The molecule has 120 valence electrons. The zero-order valence-electron chi connectivity index (χ0n) is 13.0. The largest absolute Gasteiger partial charge is 0.357 e. The molecule has 0 aliphatic carbocycles. The van der Waals surface area contributed by atoms with E-state index in [4.69, 9.17) is 11.6 Å². The fraction of sp³-hybridized carbons (Fsp3) is 0.533. The van der Waals surface area contributed by atoms with E-state index in [2.05, 4.69) is 48.7 Å². The number of guanidine groups is 1. The lowest BCUT2D eigenvalue weighted by molar-refractivity contribution is 0.686. The van der Waals surface area contributed by atoms with Gasteiger partial charge in [-0.05, 0) is 37.8 Å². The molecule has 0 fully saturated rings. The Hall–Kier alpha value is -0.140. The molecular weight excluding hydrogens is 417 g/mol. The predicted molar refractivity (Wildman–Crippen MR) is 107 cm³/mol. The Morgan fingerprint density at radius 1 is 1.38 bits per heavy atom. The van der Waals surface area contributed by atoms with E-state index in [9.17, 15) is 0 Å². The number of rotatable bonds is 6. The van der Waals surface area contributed by atoms with Crippen molar-refractivity contribution in [2.75, 3.05) is 19.3 Å². The van der Waals surface area contributed by atoms with E-state index in [1.807, 2.05) is 30.0 Å². The summed E-state index contributed by atoms with van der Waals surface area (Å²) < 4.78 is 0. The molecule has 0 aromatic heterocycles. The van der Waals surface area contributed by atoms with Crippen LogP contribution in [0.5, 0.6) is 0 Å². The van der Waals surface area contributed by atoms with E-state index in [1.54, 1.807) is 0 Å². The van der Waals surface area contributed by atoms with Crippen LogP contribution in [-0.4, -0.2) is 30.6 Å². The second kappa shape index (κ2) is 11.4. The highest BCUT2D eigenvalue weighted by atomic mass is 127. The minimum absolute atomic E-state index is 0. The molecule has 2 N–H and O–H groups in total. The Kier molecular flexibility index (Phi) is 11.4. The normalized spacial score (nSPS) is 14.0. The van der Waals surface area contributed by atoms with Crippen LogP contribution in [0.4, 0.5) is 0 Å². The number of hydrogen-bond acceptors (Lipinski definition) is 2. The Balaban J connectivity index is 0.00000400. The summed E-state index contributed by atoms with van der Waals surface area (Å²) in [7, 11) is 0. The standard InChI is InChI=1S/C15H24ClN3S.HI/c1-5-17-15(18-10-11(2)20-4)19-12(3)13-7-6-8-14(16)9-13;/h6-9,11-12H,5,10H2,1-4H3,(H2,17,18,19);1H. The van der Waals surface area contributed by atoms with Gasteiger partial charge in [-0.1, -0.05) is 30.7 Å². The maximum atomic E-state index is 6.03. The zero-order chi connectivity index (χ0) is 15.0. The lowest BCUT2D eigenvalue weighted by Crippen LogP contribution is -2.39. The van der Waals surface area contributed by atoms with Gasteiger partial charge in [0.1, 0.15) is 0 Å². The monoisotopic (exact) mass is 441 g/mol. The summed E-state index contributed by atoms with van der Waals surface area (Å²) in [6, 6.07) is 8.06. The molecule has 1 rings (SSSR count). The lowest BCUT2D eigenvalue weighted by Gasteiger charge is -2.19. The van der Waals surface area contributed by atoms with Crippen molar-refractivity contribution in [1.82, 2.24) is 10.6 Å². The molecule has 0 saturated carbocycles. The highest BCUT2D eigenvalue weighted by Gasteiger charge is 2.08. The van der Waals surface area contributed by atoms with Gasteiger partial charge in [-0.15, -0.1) is 24.0 Å². The van der Waals surface area contributed by atoms with Crippen molar-refractivity contribution in [2.24, 2.45) is 4.99 Å². The Morgan fingerprint density at radius 3 is 2.67 bits per heavy atom. The molecule has 0 bridgehead atoms. The quantitative estimate of drug-likeness (QED) is 0.392. The van der Waals surface area contributed by atoms with Gasteiger partial charge in [0, 0.05) is 16.8 Å². The second-order valence-corrected chi connectivity index (χ2v) is 6.40. The molecule has 2 atom stereocenters. The first kappa shape index (κ1) is 20.9. The van der Waals surface area contributed by atoms with Gasteiger partial charge in [-0.25, -0.2) is 0 Å². The molecule has 0 aliphatic rings. The number of nitrogens with zero attached hydrogens (tertiary/aromatic N) is 1. The van der Waals surface area contributed by atoms with Crippen LogP contribution in [0, 0.1) is 0 Å². The number of nitrogens with one attached hydrogen (secondary N) is 2. The van der Waals surface area contributed by atoms with Crippen molar-refractivity contribution >= 4 is 53.3 Å². The van der Waals surface area contributed by atoms with Gasteiger partial charge in [0.2, 0.25) is 0 Å². The maximum Gasteiger partial charge on any atom is 0.191 e. The van der Waals surface area contributed by atoms with Crippen LogP contribution in [0.2, 0.25) is 5.02 Å². The molecule has 0 heterocycles. The third kappa shape index (κ3) is 8.16. The van der Waals surface area contributed by atoms with Gasteiger partial charge in [0.15, 0.2) is 5.96 Å². The summed E-state index contributed by atoms with van der Waals surface area (Å²) in [5.74, 6) is 0.848. The Labute approximate surface area is 154 Å². The highest BCUT2D eigenvalue weighted by Crippen LogP contribution is 2.17. The second-order valence-electron chi connectivity index (χ2n) is 4.69. The number of aliphatic imine (C=N–C) groups is 1. The van der Waals surface area contributed by atoms with Gasteiger partial charge in [0.25, 0.3) is 0 Å². The molecule has 0 spiro atoms. The van der Waals surface area contributed by atoms with Crippen molar-refractivity contribution in [3.63, 3.8) is 0 Å². The number of hydrogen-bond donors (Lipinski definition) is 2. The Bertz CT molecular complexity index is 443. The van der Waals surface area contributed by atoms with Gasteiger partial charge < -0.3 is 10.6 Å². The van der Waals surface area contributed by atoms with E-state index in [0.717, 1.165) is 29.6 Å². The predicted octanol–water partition coefficient (Wildman–Crippen LogP) is 4.33. The Morgan fingerprint density at radius 2 is 2.10 bits per heavy atom. The van der Waals surface area contributed by atoms with Crippen molar-refractivity contribution in [3.05, 3.63) is 34.9 Å². The fourth-order valence-corrected chi connectivity index (χ4v) is 2.10. The molecule has 21 heavy (non-hydrogen) atoms. The molecule has 0 saturated heterocycles. The lowest BCUT2D eigenvalue weighted by atomic mass is 10.1. The fourth-order valence-electron chi connectivity index (χ4n) is 1.68. The summed E-state index contributed by atoms with van der Waals surface area (Å²) in [6.45, 7) is 8.01. The SMILES string of the molecule is CCNC(=NCC(C)SC)NC(C)c1cccc(Cl)c1.I. The van der Waals surface area contributed by atoms with E-state index in [-0.39, 0.29) is 30.0 Å². The van der Waals surface area contributed by atoms with E-state index in [0.29, 0.717) is 5.25 Å². The summed E-state index contributed by atoms with van der Waals surface area (Å²) in [5.41, 5.74) is 1.15. The highest BCUT2D eigenvalue weighted by molar-refractivity contribution is 14.0. The van der Waals surface area contributed by atoms with Crippen molar-refractivity contribution in [3.8, 4) is 0 Å². The first-order valence-electron chi connectivity index (χ1n) is 6.90. The van der Waals surface area contributed by atoms with Crippen molar-refractivity contribution in [1.29, 1.82) is 0 Å². The van der Waals surface area contributed by atoms with Crippen LogP contribution in [0.3, 0.4) is 0 Å². The number of benzene rings is 1. The maximum absolute atomic E-state index is 6.03. The molecule has 1 aromatic rings. The third-order valence-corrected chi connectivity index (χ3v) is 4.14. The summed E-state index contributed by atoms with van der Waals surface area (Å²) >= 11 is 7.85. The minimum Gasteiger partial charge on any atom is -0.357 e. The van der Waals surface area contributed by atoms with Crippen LogP contribution in [0.25, 0.3) is 0 Å².